The maximum absolute atomic E-state index is 12.9. The van der Waals surface area contributed by atoms with Crippen molar-refractivity contribution in [2.45, 2.75) is 18.9 Å². The Labute approximate surface area is 160 Å². The van der Waals surface area contributed by atoms with Gasteiger partial charge < -0.3 is 15.0 Å². The Morgan fingerprint density at radius 3 is 2.81 bits per heavy atom. The number of carbonyl (C=O) groups excluding carboxylic acids is 1. The van der Waals surface area contributed by atoms with Crippen LogP contribution >= 0.6 is 12.2 Å². The normalized spacial score (nSPS) is 16.5. The number of nitrogens with one attached hydrogen (secondary N) is 2. The number of aromatic nitrogens is 2. The van der Waals surface area contributed by atoms with Gasteiger partial charge in [-0.25, -0.2) is 0 Å². The lowest BCUT2D eigenvalue weighted by Crippen LogP contribution is -2.31. The van der Waals surface area contributed by atoms with Crippen LogP contribution < -0.4 is 10.9 Å². The zero-order valence-corrected chi connectivity index (χ0v) is 15.4. The number of rotatable bonds is 4. The third kappa shape index (κ3) is 3.56. The Bertz CT molecular complexity index is 1100. The van der Waals surface area contributed by atoms with Crippen molar-refractivity contribution in [2.75, 3.05) is 13.2 Å². The molecule has 1 amide bonds. The Hall–Kier alpha value is -2.77. The number of H-pyrrole nitrogens is 1. The summed E-state index contributed by atoms with van der Waals surface area (Å²) in [5.41, 5.74) is 1.50. The molecule has 0 bridgehead atoms. The summed E-state index contributed by atoms with van der Waals surface area (Å²) in [7, 11) is 0. The van der Waals surface area contributed by atoms with Crippen molar-refractivity contribution in [3.05, 3.63) is 69.2 Å². The molecule has 6 nitrogen and oxygen atoms in total. The highest BCUT2D eigenvalue weighted by atomic mass is 32.1. The van der Waals surface area contributed by atoms with Crippen molar-refractivity contribution in [3.8, 4) is 5.69 Å². The van der Waals surface area contributed by atoms with Crippen molar-refractivity contribution in [1.82, 2.24) is 14.9 Å². The van der Waals surface area contributed by atoms with Crippen LogP contribution in [0.5, 0.6) is 0 Å². The number of hydrogen-bond acceptors (Lipinski definition) is 4. The van der Waals surface area contributed by atoms with Crippen LogP contribution in [-0.2, 0) is 4.74 Å². The molecule has 1 aromatic heterocycles. The molecule has 7 heteroatoms. The predicted octanol–water partition coefficient (Wildman–Crippen LogP) is 2.96. The van der Waals surface area contributed by atoms with Crippen LogP contribution in [0.4, 0.5) is 0 Å². The van der Waals surface area contributed by atoms with Gasteiger partial charge in [-0.1, -0.05) is 18.2 Å². The van der Waals surface area contributed by atoms with Gasteiger partial charge in [-0.3, -0.25) is 14.2 Å². The quantitative estimate of drug-likeness (QED) is 0.682. The van der Waals surface area contributed by atoms with Crippen LogP contribution in [0, 0.1) is 4.77 Å². The molecule has 0 aliphatic carbocycles. The summed E-state index contributed by atoms with van der Waals surface area (Å²) in [6.45, 7) is 1.24. The topological polar surface area (TPSA) is 76.1 Å². The molecular formula is C20H19N3O3S. The first-order chi connectivity index (χ1) is 13.1. The van der Waals surface area contributed by atoms with Crippen molar-refractivity contribution in [2.24, 2.45) is 0 Å². The number of nitrogens with zero attached hydrogens (tertiary/aromatic N) is 1. The Morgan fingerprint density at radius 2 is 2.07 bits per heavy atom. The third-order valence-electron chi connectivity index (χ3n) is 4.69. The molecule has 138 valence electrons. The number of hydrogen-bond donors (Lipinski definition) is 2. The van der Waals surface area contributed by atoms with Crippen LogP contribution in [0.2, 0.25) is 0 Å². The number of carbonyl (C=O) groups is 1. The van der Waals surface area contributed by atoms with E-state index in [0.717, 1.165) is 19.4 Å². The second-order valence-electron chi connectivity index (χ2n) is 6.51. The fourth-order valence-electron chi connectivity index (χ4n) is 3.28. The van der Waals surface area contributed by atoms with Gasteiger partial charge in [0.05, 0.1) is 22.7 Å². The van der Waals surface area contributed by atoms with E-state index in [0.29, 0.717) is 28.7 Å². The van der Waals surface area contributed by atoms with Gasteiger partial charge in [-0.2, -0.15) is 0 Å². The molecule has 1 aliphatic heterocycles. The van der Waals surface area contributed by atoms with E-state index in [-0.39, 0.29) is 22.3 Å². The molecule has 0 unspecified atom stereocenters. The zero-order valence-electron chi connectivity index (χ0n) is 14.6. The lowest BCUT2D eigenvalue weighted by molar-refractivity contribution is 0.0858. The largest absolute Gasteiger partial charge is 0.376 e. The van der Waals surface area contributed by atoms with Gasteiger partial charge in [0, 0.05) is 18.7 Å². The lowest BCUT2D eigenvalue weighted by Gasteiger charge is -2.12. The summed E-state index contributed by atoms with van der Waals surface area (Å²) in [6, 6.07) is 14.2. The molecule has 27 heavy (non-hydrogen) atoms. The maximum atomic E-state index is 12.9. The Morgan fingerprint density at radius 1 is 1.26 bits per heavy atom. The molecule has 1 aliphatic rings. The fraction of sp³-hybridized carbons (Fsp3) is 0.250. The van der Waals surface area contributed by atoms with Gasteiger partial charge in [0.1, 0.15) is 0 Å². The second-order valence-corrected chi connectivity index (χ2v) is 6.90. The number of fused-ring (bicyclic) bond motifs is 1. The lowest BCUT2D eigenvalue weighted by atomic mass is 10.1. The standard InChI is InChI=1S/C20H19N3O3S/c24-18(21-12-15-7-4-10-26-15)13-8-9-16-17(11-13)22-20(27)23(19(16)25)14-5-2-1-3-6-14/h1-3,5-6,8-9,11,15H,4,7,10,12H2,(H,21,24)(H,22,27)/t15-/m1/s1. The summed E-state index contributed by atoms with van der Waals surface area (Å²) >= 11 is 5.37. The van der Waals surface area contributed by atoms with Crippen LogP contribution in [0.25, 0.3) is 16.6 Å². The highest BCUT2D eigenvalue weighted by molar-refractivity contribution is 7.71. The zero-order chi connectivity index (χ0) is 18.8. The minimum atomic E-state index is -0.216. The minimum Gasteiger partial charge on any atom is -0.376 e. The molecule has 0 saturated carbocycles. The highest BCUT2D eigenvalue weighted by Crippen LogP contribution is 2.14. The molecule has 1 saturated heterocycles. The SMILES string of the molecule is O=C(NC[C@H]1CCCO1)c1ccc2c(=O)n(-c3ccccc3)c(=S)[nH]c2c1. The third-order valence-corrected chi connectivity index (χ3v) is 4.97. The van der Waals surface area contributed by atoms with Crippen LogP contribution in [0.3, 0.4) is 0 Å². The van der Waals surface area contributed by atoms with E-state index < -0.39 is 0 Å². The molecule has 0 radical (unpaired) electrons. The number of benzene rings is 2. The molecule has 1 fully saturated rings. The highest BCUT2D eigenvalue weighted by Gasteiger charge is 2.17. The number of amides is 1. The smallest absolute Gasteiger partial charge is 0.266 e. The van der Waals surface area contributed by atoms with E-state index in [1.54, 1.807) is 18.2 Å². The molecule has 4 rings (SSSR count). The molecular weight excluding hydrogens is 362 g/mol. The van der Waals surface area contributed by atoms with Gasteiger partial charge in [-0.05, 0) is 55.4 Å². The van der Waals surface area contributed by atoms with Crippen LogP contribution in [-0.4, -0.2) is 34.7 Å². The van der Waals surface area contributed by atoms with Gasteiger partial charge in [0.2, 0.25) is 0 Å². The summed E-state index contributed by atoms with van der Waals surface area (Å²) in [6.07, 6.45) is 2.07. The summed E-state index contributed by atoms with van der Waals surface area (Å²) < 4.78 is 7.26. The van der Waals surface area contributed by atoms with Gasteiger partial charge in [-0.15, -0.1) is 0 Å². The van der Waals surface area contributed by atoms with Crippen molar-refractivity contribution in [3.63, 3.8) is 0 Å². The average Bonchev–Trinajstić information content (AvgIpc) is 3.20. The number of aromatic amines is 1. The first-order valence-corrected chi connectivity index (χ1v) is 9.28. The van der Waals surface area contributed by atoms with Crippen molar-refractivity contribution < 1.29 is 9.53 Å². The van der Waals surface area contributed by atoms with E-state index in [2.05, 4.69) is 10.3 Å². The molecule has 3 aromatic rings. The fourth-order valence-corrected chi connectivity index (χ4v) is 3.58. The second kappa shape index (κ2) is 7.46. The van der Waals surface area contributed by atoms with Crippen molar-refractivity contribution >= 4 is 29.0 Å². The van der Waals surface area contributed by atoms with Gasteiger partial charge in [0.15, 0.2) is 4.77 Å². The maximum Gasteiger partial charge on any atom is 0.266 e. The number of para-hydroxylation sites is 1. The van der Waals surface area contributed by atoms with E-state index in [4.69, 9.17) is 17.0 Å². The van der Waals surface area contributed by atoms with Gasteiger partial charge in [0.25, 0.3) is 11.5 Å². The first-order valence-electron chi connectivity index (χ1n) is 8.88. The van der Waals surface area contributed by atoms with E-state index in [1.807, 2.05) is 30.3 Å². The van der Waals surface area contributed by atoms with E-state index in [1.165, 1.54) is 4.57 Å². The summed E-state index contributed by atoms with van der Waals surface area (Å²) in [5.74, 6) is -0.195. The molecule has 2 heterocycles. The minimum absolute atomic E-state index is 0.0817. The predicted molar refractivity (Wildman–Crippen MR) is 106 cm³/mol. The number of ether oxygens (including phenoxy) is 1. The summed E-state index contributed by atoms with van der Waals surface area (Å²) in [4.78, 5) is 28.4. The monoisotopic (exact) mass is 381 g/mol. The average molecular weight is 381 g/mol. The van der Waals surface area contributed by atoms with Gasteiger partial charge >= 0.3 is 0 Å². The van der Waals surface area contributed by atoms with Crippen LogP contribution in [0.15, 0.2) is 53.3 Å². The first kappa shape index (κ1) is 17.6. The van der Waals surface area contributed by atoms with E-state index >= 15 is 0 Å². The van der Waals surface area contributed by atoms with E-state index in [9.17, 15) is 9.59 Å². The molecule has 0 spiro atoms. The molecule has 2 aromatic carbocycles. The molecule has 1 atom stereocenters. The van der Waals surface area contributed by atoms with Crippen molar-refractivity contribution in [1.29, 1.82) is 0 Å². The Balaban J connectivity index is 1.66. The Kier molecular flexibility index (Phi) is 4.87. The molecule has 2 N–H and O–H groups in total. The summed E-state index contributed by atoms with van der Waals surface area (Å²) in [5, 5.41) is 3.36. The van der Waals surface area contributed by atoms with Crippen LogP contribution in [0.1, 0.15) is 23.2 Å².